The number of hydrogen-bond acceptors (Lipinski definition) is 7. The molecule has 2 heterocycles. The number of cyclic esters (lactones) is 1. The molecule has 1 saturated heterocycles. The van der Waals surface area contributed by atoms with Crippen molar-refractivity contribution < 1.29 is 29.0 Å². The van der Waals surface area contributed by atoms with Crippen molar-refractivity contribution in [1.29, 1.82) is 0 Å². The predicted molar refractivity (Wildman–Crippen MR) is 143 cm³/mol. The van der Waals surface area contributed by atoms with Gasteiger partial charge in [0, 0.05) is 19.5 Å². The van der Waals surface area contributed by atoms with Crippen LogP contribution in [0, 0.1) is 0 Å². The third kappa shape index (κ3) is 8.89. The standard InChI is InChI=1S/C29H38N2O6/c1-3-16-35-26-12-6-9-17-36-29(34)28-22(4-2)19-25(32)20-23(28)18-24(11-10-13-26)30-37-21-27(33)31-14-7-5-8-15-31/h3,6,10-12,19-20,26,32H,1,4-5,7-9,13-18,21H2,2H3/b11-10+,12-6+,30-24-. The summed E-state index contributed by atoms with van der Waals surface area (Å²) in [6.45, 7) is 7.59. The van der Waals surface area contributed by atoms with Crippen LogP contribution >= 0.6 is 0 Å². The molecule has 0 aliphatic carbocycles. The fourth-order valence-electron chi connectivity index (χ4n) is 4.42. The number of likely N-dealkylation sites (tertiary alicyclic amines) is 1. The lowest BCUT2D eigenvalue weighted by molar-refractivity contribution is -0.137. The summed E-state index contributed by atoms with van der Waals surface area (Å²) < 4.78 is 11.4. The highest BCUT2D eigenvalue weighted by Crippen LogP contribution is 2.25. The van der Waals surface area contributed by atoms with Crippen molar-refractivity contribution in [2.75, 3.05) is 32.9 Å². The molecule has 0 spiro atoms. The summed E-state index contributed by atoms with van der Waals surface area (Å²) in [5.74, 6) is -0.469. The molecule has 0 saturated carbocycles. The van der Waals surface area contributed by atoms with Gasteiger partial charge in [-0.1, -0.05) is 36.4 Å². The maximum Gasteiger partial charge on any atom is 0.338 e. The van der Waals surface area contributed by atoms with Gasteiger partial charge in [-0.25, -0.2) is 4.79 Å². The van der Waals surface area contributed by atoms with Crippen LogP contribution in [0.25, 0.3) is 0 Å². The summed E-state index contributed by atoms with van der Waals surface area (Å²) in [4.78, 5) is 32.9. The molecule has 1 amide bonds. The third-order valence-corrected chi connectivity index (χ3v) is 6.30. The molecule has 1 N–H and O–H groups in total. The second-order valence-electron chi connectivity index (χ2n) is 9.12. The second kappa shape index (κ2) is 15.0. The highest BCUT2D eigenvalue weighted by molar-refractivity contribution is 6.00. The average molecular weight is 511 g/mol. The van der Waals surface area contributed by atoms with Gasteiger partial charge in [0.25, 0.3) is 5.91 Å². The molecule has 37 heavy (non-hydrogen) atoms. The summed E-state index contributed by atoms with van der Waals surface area (Å²) in [5.41, 5.74) is 2.23. The van der Waals surface area contributed by atoms with Crippen LogP contribution in [-0.2, 0) is 31.9 Å². The summed E-state index contributed by atoms with van der Waals surface area (Å²) in [6, 6.07) is 3.14. The van der Waals surface area contributed by atoms with Crippen LogP contribution in [0.1, 0.15) is 60.5 Å². The van der Waals surface area contributed by atoms with E-state index in [9.17, 15) is 14.7 Å². The summed E-state index contributed by atoms with van der Waals surface area (Å²) >= 11 is 0. The molecule has 0 aromatic heterocycles. The quantitative estimate of drug-likeness (QED) is 0.329. The summed E-state index contributed by atoms with van der Waals surface area (Å²) in [5, 5.41) is 14.6. The predicted octanol–water partition coefficient (Wildman–Crippen LogP) is 4.52. The minimum absolute atomic E-state index is 0.0647. The Morgan fingerprint density at radius 3 is 2.84 bits per heavy atom. The number of phenolic OH excluding ortho intramolecular Hbond substituents is 1. The van der Waals surface area contributed by atoms with Crippen LogP contribution in [0.3, 0.4) is 0 Å². The van der Waals surface area contributed by atoms with Gasteiger partial charge in [-0.05, 0) is 67.9 Å². The van der Waals surface area contributed by atoms with E-state index in [0.717, 1.165) is 32.4 Å². The van der Waals surface area contributed by atoms with E-state index in [1.165, 1.54) is 0 Å². The number of carbonyl (C=O) groups excluding carboxylic acids is 2. The van der Waals surface area contributed by atoms with Gasteiger partial charge in [-0.2, -0.15) is 0 Å². The van der Waals surface area contributed by atoms with E-state index in [4.69, 9.17) is 14.3 Å². The van der Waals surface area contributed by atoms with Gasteiger partial charge in [0.2, 0.25) is 0 Å². The first-order chi connectivity index (χ1) is 18.0. The number of rotatable bonds is 7. The number of esters is 1. The monoisotopic (exact) mass is 510 g/mol. The third-order valence-electron chi connectivity index (χ3n) is 6.30. The van der Waals surface area contributed by atoms with Gasteiger partial charge in [0.05, 0.1) is 30.6 Å². The molecule has 1 aromatic carbocycles. The number of oxime groups is 1. The number of carbonyl (C=O) groups is 2. The van der Waals surface area contributed by atoms with Crippen LogP contribution in [0.5, 0.6) is 5.75 Å². The van der Waals surface area contributed by atoms with Gasteiger partial charge in [0.15, 0.2) is 6.61 Å². The second-order valence-corrected chi connectivity index (χ2v) is 9.12. The smallest absolute Gasteiger partial charge is 0.338 e. The number of ether oxygens (including phenoxy) is 2. The maximum atomic E-state index is 13.1. The first-order valence-electron chi connectivity index (χ1n) is 13.1. The number of nitrogens with zero attached hydrogens (tertiary/aromatic N) is 2. The van der Waals surface area contributed by atoms with E-state index >= 15 is 0 Å². The Labute approximate surface area is 219 Å². The molecular weight excluding hydrogens is 472 g/mol. The minimum Gasteiger partial charge on any atom is -0.508 e. The molecule has 1 aromatic rings. The van der Waals surface area contributed by atoms with Crippen molar-refractivity contribution in [2.24, 2.45) is 5.16 Å². The Morgan fingerprint density at radius 1 is 1.27 bits per heavy atom. The van der Waals surface area contributed by atoms with Crippen LogP contribution in [0.4, 0.5) is 0 Å². The Hall–Kier alpha value is -3.39. The lowest BCUT2D eigenvalue weighted by Crippen LogP contribution is -2.37. The number of fused-ring (bicyclic) bond motifs is 1. The number of aryl methyl sites for hydroxylation is 1. The number of allylic oxidation sites excluding steroid dienone is 1. The first kappa shape index (κ1) is 28.2. The Kier molecular flexibility index (Phi) is 11.4. The van der Waals surface area contributed by atoms with Gasteiger partial charge in [-0.3, -0.25) is 4.79 Å². The van der Waals surface area contributed by atoms with E-state index in [1.807, 2.05) is 25.2 Å². The zero-order valence-corrected chi connectivity index (χ0v) is 21.7. The molecule has 2 aliphatic rings. The van der Waals surface area contributed by atoms with E-state index < -0.39 is 5.97 Å². The highest BCUT2D eigenvalue weighted by atomic mass is 16.6. The molecule has 1 fully saturated rings. The molecule has 2 aliphatic heterocycles. The van der Waals surface area contributed by atoms with Crippen molar-refractivity contribution in [3.05, 3.63) is 65.8 Å². The highest BCUT2D eigenvalue weighted by Gasteiger charge is 2.21. The van der Waals surface area contributed by atoms with Gasteiger partial charge in [-0.15, -0.1) is 6.58 Å². The minimum atomic E-state index is -0.443. The molecular formula is C29H38N2O6. The van der Waals surface area contributed by atoms with Crippen molar-refractivity contribution in [1.82, 2.24) is 4.90 Å². The lowest BCUT2D eigenvalue weighted by atomic mass is 9.94. The Bertz CT molecular complexity index is 1020. The summed E-state index contributed by atoms with van der Waals surface area (Å²) in [7, 11) is 0. The average Bonchev–Trinajstić information content (AvgIpc) is 2.90. The largest absolute Gasteiger partial charge is 0.508 e. The molecule has 3 rings (SSSR count). The fraction of sp³-hybridized carbons (Fsp3) is 0.483. The van der Waals surface area contributed by atoms with Crippen LogP contribution < -0.4 is 0 Å². The van der Waals surface area contributed by atoms with E-state index in [2.05, 4.69) is 11.7 Å². The number of aromatic hydroxyl groups is 1. The molecule has 8 heteroatoms. The van der Waals surface area contributed by atoms with Crippen LogP contribution in [0.15, 0.2) is 54.2 Å². The number of amides is 1. The van der Waals surface area contributed by atoms with Crippen LogP contribution in [0.2, 0.25) is 0 Å². The van der Waals surface area contributed by atoms with E-state index in [-0.39, 0.29) is 37.4 Å². The Morgan fingerprint density at radius 2 is 2.08 bits per heavy atom. The van der Waals surface area contributed by atoms with Crippen molar-refractivity contribution in [3.63, 3.8) is 0 Å². The normalized spacial score (nSPS) is 21.9. The number of hydrogen-bond donors (Lipinski definition) is 1. The van der Waals surface area contributed by atoms with E-state index in [1.54, 1.807) is 29.2 Å². The first-order valence-corrected chi connectivity index (χ1v) is 13.1. The lowest BCUT2D eigenvalue weighted by Gasteiger charge is -2.26. The molecule has 0 bridgehead atoms. The van der Waals surface area contributed by atoms with Crippen LogP contribution in [-0.4, -0.2) is 66.6 Å². The maximum absolute atomic E-state index is 13.1. The number of piperidine rings is 1. The fourth-order valence-corrected chi connectivity index (χ4v) is 4.42. The molecule has 200 valence electrons. The molecule has 1 atom stereocenters. The van der Waals surface area contributed by atoms with Crippen molar-refractivity contribution in [3.8, 4) is 5.75 Å². The zero-order valence-electron chi connectivity index (χ0n) is 21.7. The van der Waals surface area contributed by atoms with Crippen molar-refractivity contribution in [2.45, 2.75) is 58.0 Å². The number of benzene rings is 1. The number of phenols is 1. The molecule has 1 unspecified atom stereocenters. The SMILES string of the molecule is C=CCOC1/C=C/CCOC(=O)c2c(CC)cc(O)cc2CC(=N\OCC(=O)N2CCCCC2)/C=C/C1. The van der Waals surface area contributed by atoms with Gasteiger partial charge >= 0.3 is 5.97 Å². The zero-order chi connectivity index (χ0) is 26.5. The molecule has 8 nitrogen and oxygen atoms in total. The Balaban J connectivity index is 1.88. The van der Waals surface area contributed by atoms with Gasteiger partial charge in [0.1, 0.15) is 5.75 Å². The topological polar surface area (TPSA) is 97.7 Å². The summed E-state index contributed by atoms with van der Waals surface area (Å²) in [6.07, 6.45) is 14.2. The van der Waals surface area contributed by atoms with E-state index in [0.29, 0.717) is 48.3 Å². The van der Waals surface area contributed by atoms with Crippen molar-refractivity contribution >= 4 is 17.6 Å². The van der Waals surface area contributed by atoms with Gasteiger partial charge < -0.3 is 24.3 Å². The molecule has 0 radical (unpaired) electrons.